The van der Waals surface area contributed by atoms with Gasteiger partial charge in [-0.1, -0.05) is 0 Å². The summed E-state index contributed by atoms with van der Waals surface area (Å²) in [4.78, 5) is 0. The third kappa shape index (κ3) is 4.47. The van der Waals surface area contributed by atoms with E-state index in [-0.39, 0.29) is 5.54 Å². The van der Waals surface area contributed by atoms with Crippen molar-refractivity contribution in [2.75, 3.05) is 6.54 Å². The Morgan fingerprint density at radius 3 is 2.73 bits per heavy atom. The van der Waals surface area contributed by atoms with Crippen LogP contribution in [-0.2, 0) is 13.0 Å². The normalized spacial score (nSPS) is 12.0. The van der Waals surface area contributed by atoms with Gasteiger partial charge in [-0.3, -0.25) is 4.68 Å². The molecule has 0 saturated heterocycles. The van der Waals surface area contributed by atoms with Crippen molar-refractivity contribution in [1.82, 2.24) is 15.1 Å². The quantitative estimate of drug-likeness (QED) is 0.754. The van der Waals surface area contributed by atoms with Crippen LogP contribution >= 0.6 is 0 Å². The Morgan fingerprint density at radius 1 is 1.40 bits per heavy atom. The molecule has 0 aromatic carbocycles. The van der Waals surface area contributed by atoms with Gasteiger partial charge in [0.2, 0.25) is 0 Å². The van der Waals surface area contributed by atoms with E-state index in [1.165, 1.54) is 12.1 Å². The molecule has 0 radical (unpaired) electrons. The summed E-state index contributed by atoms with van der Waals surface area (Å²) in [6, 6.07) is 2.11. The molecule has 1 aromatic rings. The van der Waals surface area contributed by atoms with Gasteiger partial charge in [0.05, 0.1) is 0 Å². The molecule has 0 aliphatic heterocycles. The summed E-state index contributed by atoms with van der Waals surface area (Å²) < 4.78 is 2.07. The molecule has 0 unspecified atom stereocenters. The highest BCUT2D eigenvalue weighted by molar-refractivity contribution is 5.00. The fraction of sp³-hybridized carbons (Fsp3) is 0.750. The number of aryl methyl sites for hydroxylation is 2. The summed E-state index contributed by atoms with van der Waals surface area (Å²) >= 11 is 0. The second-order valence-electron chi connectivity index (χ2n) is 4.92. The Morgan fingerprint density at radius 2 is 2.13 bits per heavy atom. The summed E-state index contributed by atoms with van der Waals surface area (Å²) in [5.74, 6) is 0. The van der Waals surface area contributed by atoms with E-state index in [9.17, 15) is 0 Å². The minimum absolute atomic E-state index is 0.227. The zero-order valence-electron chi connectivity index (χ0n) is 10.4. The number of nitrogens with zero attached hydrogens (tertiary/aromatic N) is 2. The van der Waals surface area contributed by atoms with Crippen molar-refractivity contribution < 1.29 is 0 Å². The van der Waals surface area contributed by atoms with Gasteiger partial charge in [-0.15, -0.1) is 0 Å². The van der Waals surface area contributed by atoms with Gasteiger partial charge in [0, 0.05) is 24.0 Å². The maximum absolute atomic E-state index is 4.26. The lowest BCUT2D eigenvalue weighted by molar-refractivity contribution is 0.420. The van der Waals surface area contributed by atoms with Gasteiger partial charge in [-0.05, 0) is 53.1 Å². The first-order valence-electron chi connectivity index (χ1n) is 5.78. The van der Waals surface area contributed by atoms with Crippen LogP contribution in [-0.4, -0.2) is 21.9 Å². The number of rotatable bonds is 5. The molecule has 1 N–H and O–H groups in total. The van der Waals surface area contributed by atoms with Crippen molar-refractivity contribution in [2.24, 2.45) is 0 Å². The van der Waals surface area contributed by atoms with E-state index >= 15 is 0 Å². The zero-order chi connectivity index (χ0) is 11.3. The highest BCUT2D eigenvalue weighted by Gasteiger charge is 2.07. The largest absolute Gasteiger partial charge is 0.312 e. The summed E-state index contributed by atoms with van der Waals surface area (Å²) in [5.41, 5.74) is 1.57. The highest BCUT2D eigenvalue weighted by Crippen LogP contribution is 2.03. The Labute approximate surface area is 92.9 Å². The standard InChI is InChI=1S/C12H23N3/c1-5-15-11(8-10-14-15)7-6-9-13-12(2,3)4/h8,10,13H,5-7,9H2,1-4H3. The van der Waals surface area contributed by atoms with Gasteiger partial charge in [-0.25, -0.2) is 0 Å². The van der Waals surface area contributed by atoms with Crippen LogP contribution in [0.5, 0.6) is 0 Å². The van der Waals surface area contributed by atoms with Gasteiger partial charge in [0.25, 0.3) is 0 Å². The van der Waals surface area contributed by atoms with E-state index in [0.29, 0.717) is 0 Å². The van der Waals surface area contributed by atoms with Gasteiger partial charge >= 0.3 is 0 Å². The number of nitrogens with one attached hydrogen (secondary N) is 1. The van der Waals surface area contributed by atoms with E-state index in [2.05, 4.69) is 48.9 Å². The summed E-state index contributed by atoms with van der Waals surface area (Å²) in [5, 5.41) is 7.75. The van der Waals surface area contributed by atoms with Crippen molar-refractivity contribution in [2.45, 2.75) is 52.6 Å². The molecular formula is C12H23N3. The average Bonchev–Trinajstić information content (AvgIpc) is 2.58. The van der Waals surface area contributed by atoms with Crippen LogP contribution in [0.25, 0.3) is 0 Å². The number of hydrogen-bond donors (Lipinski definition) is 1. The van der Waals surface area contributed by atoms with Crippen LogP contribution in [0.3, 0.4) is 0 Å². The third-order valence-electron chi connectivity index (χ3n) is 2.37. The first-order valence-corrected chi connectivity index (χ1v) is 5.78. The van der Waals surface area contributed by atoms with Crippen molar-refractivity contribution in [3.8, 4) is 0 Å². The lowest BCUT2D eigenvalue weighted by Gasteiger charge is -2.20. The molecule has 3 nitrogen and oxygen atoms in total. The summed E-state index contributed by atoms with van der Waals surface area (Å²) in [6.45, 7) is 10.8. The second kappa shape index (κ2) is 5.31. The van der Waals surface area contributed by atoms with Crippen LogP contribution in [0, 0.1) is 0 Å². The third-order valence-corrected chi connectivity index (χ3v) is 2.37. The Bertz CT molecular complexity index is 283. The Hall–Kier alpha value is -0.830. The maximum Gasteiger partial charge on any atom is 0.0492 e. The van der Waals surface area contributed by atoms with E-state index in [0.717, 1.165) is 19.5 Å². The Kier molecular flexibility index (Phi) is 4.33. The molecule has 3 heteroatoms. The lowest BCUT2D eigenvalue weighted by Crippen LogP contribution is -2.36. The zero-order valence-corrected chi connectivity index (χ0v) is 10.4. The van der Waals surface area contributed by atoms with Gasteiger partial charge in [0.1, 0.15) is 0 Å². The molecule has 0 fully saturated rings. The number of hydrogen-bond acceptors (Lipinski definition) is 2. The van der Waals surface area contributed by atoms with Crippen LogP contribution in [0.2, 0.25) is 0 Å². The van der Waals surface area contributed by atoms with Crippen molar-refractivity contribution in [3.63, 3.8) is 0 Å². The Balaban J connectivity index is 2.26. The maximum atomic E-state index is 4.26. The minimum atomic E-state index is 0.227. The monoisotopic (exact) mass is 209 g/mol. The first kappa shape index (κ1) is 12.2. The van der Waals surface area contributed by atoms with Gasteiger partial charge < -0.3 is 5.32 Å². The molecule has 0 aliphatic carbocycles. The molecule has 0 amide bonds. The minimum Gasteiger partial charge on any atom is -0.312 e. The molecular weight excluding hydrogens is 186 g/mol. The topological polar surface area (TPSA) is 29.9 Å². The lowest BCUT2D eigenvalue weighted by atomic mass is 10.1. The SMILES string of the molecule is CCn1nccc1CCCNC(C)(C)C. The molecule has 1 rings (SSSR count). The van der Waals surface area contributed by atoms with E-state index < -0.39 is 0 Å². The predicted octanol–water partition coefficient (Wildman–Crippen LogP) is 2.22. The van der Waals surface area contributed by atoms with Crippen molar-refractivity contribution in [3.05, 3.63) is 18.0 Å². The molecule has 86 valence electrons. The molecule has 1 heterocycles. The molecule has 0 bridgehead atoms. The number of aromatic nitrogens is 2. The fourth-order valence-corrected chi connectivity index (χ4v) is 1.59. The first-order chi connectivity index (χ1) is 7.03. The van der Waals surface area contributed by atoms with E-state index in [1.54, 1.807) is 0 Å². The van der Waals surface area contributed by atoms with E-state index in [4.69, 9.17) is 0 Å². The predicted molar refractivity (Wildman–Crippen MR) is 64.0 cm³/mol. The van der Waals surface area contributed by atoms with Crippen molar-refractivity contribution >= 4 is 0 Å². The van der Waals surface area contributed by atoms with Crippen LogP contribution in [0.1, 0.15) is 39.8 Å². The second-order valence-corrected chi connectivity index (χ2v) is 4.92. The molecule has 1 aromatic heterocycles. The van der Waals surface area contributed by atoms with Crippen LogP contribution in [0.15, 0.2) is 12.3 Å². The molecule has 15 heavy (non-hydrogen) atoms. The molecule has 0 atom stereocenters. The summed E-state index contributed by atoms with van der Waals surface area (Å²) in [7, 11) is 0. The van der Waals surface area contributed by atoms with Crippen LogP contribution < -0.4 is 5.32 Å². The summed E-state index contributed by atoms with van der Waals surface area (Å²) in [6.07, 6.45) is 4.16. The van der Waals surface area contributed by atoms with Crippen molar-refractivity contribution in [1.29, 1.82) is 0 Å². The highest BCUT2D eigenvalue weighted by atomic mass is 15.3. The molecule has 0 aliphatic rings. The van der Waals surface area contributed by atoms with Gasteiger partial charge in [0.15, 0.2) is 0 Å². The van der Waals surface area contributed by atoms with E-state index in [1.807, 2.05) is 6.20 Å². The average molecular weight is 209 g/mol. The van der Waals surface area contributed by atoms with Gasteiger partial charge in [-0.2, -0.15) is 5.10 Å². The molecule has 0 spiro atoms. The van der Waals surface area contributed by atoms with Crippen LogP contribution in [0.4, 0.5) is 0 Å². The smallest absolute Gasteiger partial charge is 0.0492 e. The fourth-order valence-electron chi connectivity index (χ4n) is 1.59. The molecule has 0 saturated carbocycles.